The molecule has 3 aromatic rings. The summed E-state index contributed by atoms with van der Waals surface area (Å²) in [7, 11) is -2.75. The molecule has 0 unspecified atom stereocenters. The van der Waals surface area contributed by atoms with Gasteiger partial charge in [-0.25, -0.2) is 0 Å². The van der Waals surface area contributed by atoms with Crippen molar-refractivity contribution in [3.05, 3.63) is 107 Å². The van der Waals surface area contributed by atoms with Crippen molar-refractivity contribution in [2.75, 3.05) is 0 Å². The lowest BCUT2D eigenvalue weighted by Gasteiger charge is -2.46. The Balaban J connectivity index is 1.90. The first-order chi connectivity index (χ1) is 16.7. The lowest BCUT2D eigenvalue weighted by atomic mass is 9.84. The molecule has 0 bridgehead atoms. The van der Waals surface area contributed by atoms with E-state index in [0.29, 0.717) is 0 Å². The topological polar surface area (TPSA) is 26.3 Å². The van der Waals surface area contributed by atoms with E-state index in [-0.39, 0.29) is 22.8 Å². The summed E-state index contributed by atoms with van der Waals surface area (Å²) in [5.74, 6) is 0.408. The lowest BCUT2D eigenvalue weighted by Crippen LogP contribution is -2.67. The lowest BCUT2D eigenvalue weighted by molar-refractivity contribution is -0.120. The second-order valence-corrected chi connectivity index (χ2v) is 15.7. The Kier molecular flexibility index (Phi) is 7.95. The van der Waals surface area contributed by atoms with E-state index in [2.05, 4.69) is 128 Å². The van der Waals surface area contributed by atoms with Gasteiger partial charge < -0.3 is 4.43 Å². The number of halogens is 1. The molecule has 2 atom stereocenters. The van der Waals surface area contributed by atoms with Crippen molar-refractivity contribution in [1.82, 2.24) is 0 Å². The van der Waals surface area contributed by atoms with Crippen LogP contribution in [0, 0.1) is 5.92 Å². The molecule has 182 valence electrons. The van der Waals surface area contributed by atoms with Gasteiger partial charge in [0.05, 0.1) is 6.10 Å². The zero-order chi connectivity index (χ0) is 25.1. The van der Waals surface area contributed by atoms with E-state index >= 15 is 0 Å². The van der Waals surface area contributed by atoms with Crippen molar-refractivity contribution in [3.8, 4) is 0 Å². The number of hydrogen-bond acceptors (Lipinski definition) is 2. The molecule has 0 saturated carbocycles. The molecule has 0 aliphatic heterocycles. The van der Waals surface area contributed by atoms with Gasteiger partial charge in [-0.1, -0.05) is 116 Å². The Labute approximate surface area is 219 Å². The van der Waals surface area contributed by atoms with Gasteiger partial charge in [0.2, 0.25) is 0 Å². The van der Waals surface area contributed by atoms with Gasteiger partial charge in [-0.2, -0.15) is 0 Å². The highest BCUT2D eigenvalue weighted by Gasteiger charge is 2.52. The van der Waals surface area contributed by atoms with Crippen molar-refractivity contribution in [2.24, 2.45) is 5.92 Å². The van der Waals surface area contributed by atoms with Gasteiger partial charge in [0.15, 0.2) is 0 Å². The maximum Gasteiger partial charge on any atom is 0.262 e. The molecule has 3 aromatic carbocycles. The summed E-state index contributed by atoms with van der Waals surface area (Å²) in [6.45, 7) is 8.67. The number of rotatable bonds is 7. The maximum atomic E-state index is 12.1. The molecule has 0 spiro atoms. The maximum absolute atomic E-state index is 12.1. The first-order valence-electron chi connectivity index (χ1n) is 12.5. The quantitative estimate of drug-likeness (QED) is 0.228. The van der Waals surface area contributed by atoms with Crippen LogP contribution in [0.15, 0.2) is 101 Å². The molecule has 2 nitrogen and oxygen atoms in total. The summed E-state index contributed by atoms with van der Waals surface area (Å²) < 4.78 is 8.66. The fourth-order valence-corrected chi connectivity index (χ4v) is 10.2. The van der Waals surface area contributed by atoms with Crippen molar-refractivity contribution >= 4 is 40.4 Å². The van der Waals surface area contributed by atoms with E-state index in [1.807, 2.05) is 0 Å². The van der Waals surface area contributed by atoms with Gasteiger partial charge in [-0.15, -0.1) is 0 Å². The molecule has 0 amide bonds. The molecule has 0 saturated heterocycles. The van der Waals surface area contributed by atoms with Crippen molar-refractivity contribution in [2.45, 2.75) is 58.1 Å². The first-order valence-corrected chi connectivity index (χ1v) is 15.2. The smallest absolute Gasteiger partial charge is 0.262 e. The van der Waals surface area contributed by atoms with E-state index in [1.54, 1.807) is 6.92 Å². The predicted octanol–water partition coefficient (Wildman–Crippen LogP) is 7.38. The molecule has 1 aliphatic carbocycles. The second kappa shape index (κ2) is 10.8. The third kappa shape index (κ3) is 5.45. The largest absolute Gasteiger partial charge is 0.397 e. The van der Waals surface area contributed by atoms with Crippen LogP contribution < -0.4 is 10.4 Å². The number of hydrogen-bond donors (Lipinski definition) is 0. The highest BCUT2D eigenvalue weighted by atomic mass is 79.9. The van der Waals surface area contributed by atoms with E-state index in [9.17, 15) is 4.79 Å². The number of Topliss-reactive ketones (excluding diaryl/α,β-unsaturated/α-hetero) is 1. The van der Waals surface area contributed by atoms with E-state index in [4.69, 9.17) is 4.43 Å². The fraction of sp³-hybridized carbons (Fsp3) is 0.323. The summed E-state index contributed by atoms with van der Waals surface area (Å²) in [5, 5.41) is 2.44. The average Bonchev–Trinajstić information content (AvgIpc) is 2.86. The van der Waals surface area contributed by atoms with Crippen molar-refractivity contribution < 1.29 is 9.22 Å². The molecule has 0 heterocycles. The number of ketones is 1. The summed E-state index contributed by atoms with van der Waals surface area (Å²) >= 11 is 3.60. The zero-order valence-corrected chi connectivity index (χ0v) is 23.7. The highest BCUT2D eigenvalue weighted by molar-refractivity contribution is 9.10. The van der Waals surface area contributed by atoms with E-state index in [0.717, 1.165) is 29.3 Å². The van der Waals surface area contributed by atoms with Gasteiger partial charge in [-0.3, -0.25) is 4.79 Å². The van der Waals surface area contributed by atoms with Crippen LogP contribution in [0.1, 0.15) is 58.6 Å². The summed E-state index contributed by atoms with van der Waals surface area (Å²) in [6, 6.07) is 30.2. The molecular formula is C31H35BrO2Si. The molecule has 0 fully saturated rings. The van der Waals surface area contributed by atoms with Gasteiger partial charge in [0, 0.05) is 10.4 Å². The predicted molar refractivity (Wildman–Crippen MR) is 152 cm³/mol. The minimum atomic E-state index is -2.75. The minimum absolute atomic E-state index is 0.111. The first kappa shape index (κ1) is 25.8. The van der Waals surface area contributed by atoms with Crippen molar-refractivity contribution in [3.63, 3.8) is 0 Å². The molecule has 1 aliphatic rings. The van der Waals surface area contributed by atoms with Gasteiger partial charge in [0.25, 0.3) is 8.32 Å². The summed E-state index contributed by atoms with van der Waals surface area (Å²) in [6.07, 6.45) is 4.67. The normalized spacial score (nSPS) is 17.5. The van der Waals surface area contributed by atoms with Crippen LogP contribution in [0.4, 0.5) is 0 Å². The zero-order valence-electron chi connectivity index (χ0n) is 21.1. The Morgan fingerprint density at radius 2 is 1.46 bits per heavy atom. The van der Waals surface area contributed by atoms with Crippen LogP contribution in [0.25, 0.3) is 0 Å². The molecule has 4 heteroatoms. The SMILES string of the molecule is CC(=O)[C@@H]1CC=C([C@H](O[Si](c2ccccc2)(c2ccccc2)C(C)(C)C)c2ccc(Br)cc2)CC1. The van der Waals surface area contributed by atoms with Crippen molar-refractivity contribution in [1.29, 1.82) is 0 Å². The van der Waals surface area contributed by atoms with Crippen LogP contribution in [-0.2, 0) is 9.22 Å². The number of benzene rings is 3. The average molecular weight is 548 g/mol. The third-order valence-electron chi connectivity index (χ3n) is 7.24. The standard InChI is InChI=1S/C31H35BrO2Si/c1-23(33)24-15-17-25(18-16-24)30(26-19-21-27(32)22-20-26)34-35(31(2,3)4,28-11-7-5-8-12-28)29-13-9-6-10-14-29/h5-14,17,19-22,24,30H,15-16,18H2,1-4H3/t24-,30+/m1/s1. The Bertz CT molecular complexity index is 1120. The Morgan fingerprint density at radius 3 is 1.89 bits per heavy atom. The summed E-state index contributed by atoms with van der Waals surface area (Å²) in [5.41, 5.74) is 2.45. The van der Waals surface area contributed by atoms with E-state index in [1.165, 1.54) is 15.9 Å². The third-order valence-corrected chi connectivity index (χ3v) is 12.8. The monoisotopic (exact) mass is 546 g/mol. The number of allylic oxidation sites excluding steroid dienone is 1. The Hall–Kier alpha value is -2.27. The molecule has 35 heavy (non-hydrogen) atoms. The fourth-order valence-electron chi connectivity index (χ4n) is 5.33. The van der Waals surface area contributed by atoms with Gasteiger partial charge >= 0.3 is 0 Å². The van der Waals surface area contributed by atoms with Crippen LogP contribution >= 0.6 is 15.9 Å². The number of carbonyl (C=O) groups is 1. The second-order valence-electron chi connectivity index (χ2n) is 10.6. The summed E-state index contributed by atoms with van der Waals surface area (Å²) in [4.78, 5) is 12.1. The molecule has 4 rings (SSSR count). The van der Waals surface area contributed by atoms with Gasteiger partial charge in [-0.05, 0) is 64.9 Å². The van der Waals surface area contributed by atoms with Gasteiger partial charge in [0.1, 0.15) is 5.78 Å². The molecule has 0 N–H and O–H groups in total. The number of carbonyl (C=O) groups excluding carboxylic acids is 1. The van der Waals surface area contributed by atoms with Crippen LogP contribution in [-0.4, -0.2) is 14.1 Å². The molecule has 0 aromatic heterocycles. The minimum Gasteiger partial charge on any atom is -0.397 e. The van der Waals surface area contributed by atoms with Crippen LogP contribution in [0.3, 0.4) is 0 Å². The van der Waals surface area contributed by atoms with E-state index < -0.39 is 8.32 Å². The molecular weight excluding hydrogens is 512 g/mol. The van der Waals surface area contributed by atoms with Crippen LogP contribution in [0.5, 0.6) is 0 Å². The Morgan fingerprint density at radius 1 is 0.914 bits per heavy atom. The van der Waals surface area contributed by atoms with Crippen LogP contribution in [0.2, 0.25) is 5.04 Å². The molecule has 0 radical (unpaired) electrons. The highest BCUT2D eigenvalue weighted by Crippen LogP contribution is 2.44.